The molecule has 0 heterocycles. The molecule has 0 bridgehead atoms. The van der Waals surface area contributed by atoms with Gasteiger partial charge in [-0.25, -0.2) is 0 Å². The first kappa shape index (κ1) is 18.4. The van der Waals surface area contributed by atoms with Gasteiger partial charge in [-0.1, -0.05) is 30.2 Å². The van der Waals surface area contributed by atoms with Gasteiger partial charge < -0.3 is 0 Å². The molecule has 2 aromatic rings. The molecule has 0 saturated heterocycles. The molecule has 0 atom stereocenters. The highest BCUT2D eigenvalue weighted by atomic mass is 19.4. The summed E-state index contributed by atoms with van der Waals surface area (Å²) in [5, 5.41) is 0. The molecular weight excluding hydrogens is 330 g/mol. The van der Waals surface area contributed by atoms with Gasteiger partial charge in [0.15, 0.2) is 0 Å². The lowest BCUT2D eigenvalue weighted by molar-refractivity contribution is -0.138. The Kier molecular flexibility index (Phi) is 4.70. The molecule has 0 saturated carbocycles. The van der Waals surface area contributed by atoms with E-state index in [9.17, 15) is 26.3 Å². The Morgan fingerprint density at radius 1 is 0.625 bits per heavy atom. The van der Waals surface area contributed by atoms with Crippen LogP contribution in [0.1, 0.15) is 46.2 Å². The standard InChI is InChI=1S/C18H16F6/c1-10-4-13(8-15(6-10)17(19,20)21)12(3)14-5-11(2)7-16(9-14)18(22,23)24/h4-9,12H,1-3H3. The van der Waals surface area contributed by atoms with Crippen LogP contribution in [0.2, 0.25) is 0 Å². The van der Waals surface area contributed by atoms with E-state index >= 15 is 0 Å². The smallest absolute Gasteiger partial charge is 0.166 e. The quantitative estimate of drug-likeness (QED) is 0.545. The first-order valence-electron chi connectivity index (χ1n) is 7.25. The molecule has 2 rings (SSSR count). The lowest BCUT2D eigenvalue weighted by atomic mass is 9.89. The molecule has 0 fully saturated rings. The number of hydrogen-bond donors (Lipinski definition) is 0. The van der Waals surface area contributed by atoms with E-state index in [0.717, 1.165) is 24.3 Å². The van der Waals surface area contributed by atoms with Gasteiger partial charge in [0.25, 0.3) is 0 Å². The van der Waals surface area contributed by atoms with Crippen LogP contribution in [-0.2, 0) is 12.4 Å². The minimum Gasteiger partial charge on any atom is -0.166 e. The van der Waals surface area contributed by atoms with Crippen molar-refractivity contribution in [2.45, 2.75) is 39.0 Å². The molecule has 6 heteroatoms. The lowest BCUT2D eigenvalue weighted by Gasteiger charge is -2.18. The highest BCUT2D eigenvalue weighted by Crippen LogP contribution is 2.36. The van der Waals surface area contributed by atoms with Gasteiger partial charge in [0.1, 0.15) is 0 Å². The van der Waals surface area contributed by atoms with E-state index < -0.39 is 29.4 Å². The average Bonchev–Trinajstić information content (AvgIpc) is 2.43. The van der Waals surface area contributed by atoms with Crippen LogP contribution in [-0.4, -0.2) is 0 Å². The van der Waals surface area contributed by atoms with Gasteiger partial charge in [-0.15, -0.1) is 0 Å². The first-order chi connectivity index (χ1) is 10.9. The Bertz CT molecular complexity index is 677. The van der Waals surface area contributed by atoms with Gasteiger partial charge in [-0.05, 0) is 49.2 Å². The Morgan fingerprint density at radius 3 is 1.25 bits per heavy atom. The van der Waals surface area contributed by atoms with Crippen molar-refractivity contribution in [2.75, 3.05) is 0 Å². The molecule has 0 aromatic heterocycles. The van der Waals surface area contributed by atoms with Gasteiger partial charge >= 0.3 is 12.4 Å². The summed E-state index contributed by atoms with van der Waals surface area (Å²) < 4.78 is 77.7. The predicted molar refractivity (Wildman–Crippen MR) is 79.9 cm³/mol. The minimum atomic E-state index is -4.50. The Morgan fingerprint density at radius 2 is 0.958 bits per heavy atom. The second kappa shape index (κ2) is 6.15. The van der Waals surface area contributed by atoms with Gasteiger partial charge in [0.05, 0.1) is 11.1 Å². The van der Waals surface area contributed by atoms with Gasteiger partial charge in [0, 0.05) is 5.92 Å². The van der Waals surface area contributed by atoms with E-state index in [1.54, 1.807) is 19.1 Å². The predicted octanol–water partition coefficient (Wildman–Crippen LogP) is 6.49. The number of rotatable bonds is 2. The fourth-order valence-electron chi connectivity index (χ4n) is 2.65. The molecule has 0 aliphatic rings. The third kappa shape index (κ3) is 4.10. The zero-order valence-corrected chi connectivity index (χ0v) is 13.3. The van der Waals surface area contributed by atoms with Crippen LogP contribution in [0.5, 0.6) is 0 Å². The van der Waals surface area contributed by atoms with E-state index in [-0.39, 0.29) is 0 Å². The summed E-state index contributed by atoms with van der Waals surface area (Å²) in [5.41, 5.74) is -0.103. The van der Waals surface area contributed by atoms with E-state index in [1.165, 1.54) is 13.8 Å². The molecule has 0 nitrogen and oxygen atoms in total. The normalized spacial score (nSPS) is 12.8. The Balaban J connectivity index is 2.51. The Labute approximate surface area is 136 Å². The van der Waals surface area contributed by atoms with Crippen molar-refractivity contribution in [2.24, 2.45) is 0 Å². The second-order valence-corrected chi connectivity index (χ2v) is 5.98. The number of benzene rings is 2. The largest absolute Gasteiger partial charge is 0.416 e. The summed E-state index contributed by atoms with van der Waals surface area (Å²) in [7, 11) is 0. The first-order valence-corrected chi connectivity index (χ1v) is 7.25. The number of alkyl halides is 6. The zero-order valence-electron chi connectivity index (χ0n) is 13.3. The fraction of sp³-hybridized carbons (Fsp3) is 0.333. The van der Waals surface area contributed by atoms with Crippen molar-refractivity contribution in [3.63, 3.8) is 0 Å². The second-order valence-electron chi connectivity index (χ2n) is 5.98. The summed E-state index contributed by atoms with van der Waals surface area (Å²) in [4.78, 5) is 0. The lowest BCUT2D eigenvalue weighted by Crippen LogP contribution is -2.09. The molecule has 0 amide bonds. The van der Waals surface area contributed by atoms with Crippen LogP contribution < -0.4 is 0 Å². The summed E-state index contributed by atoms with van der Waals surface area (Å²) >= 11 is 0. The van der Waals surface area contributed by atoms with E-state index in [4.69, 9.17) is 0 Å². The molecular formula is C18H16F6. The third-order valence-electron chi connectivity index (χ3n) is 3.85. The van der Waals surface area contributed by atoms with Crippen LogP contribution in [0.3, 0.4) is 0 Å². The molecule has 0 unspecified atom stereocenters. The van der Waals surface area contributed by atoms with E-state index in [0.29, 0.717) is 22.3 Å². The van der Waals surface area contributed by atoms with E-state index in [2.05, 4.69) is 0 Å². The SMILES string of the molecule is Cc1cc(C(C)c2cc(C)cc(C(F)(F)F)c2)cc(C(F)(F)F)c1. The number of hydrogen-bond acceptors (Lipinski definition) is 0. The van der Waals surface area contributed by atoms with Gasteiger partial charge in [0.2, 0.25) is 0 Å². The minimum absolute atomic E-state index is 0.334. The van der Waals surface area contributed by atoms with Crippen molar-refractivity contribution in [1.82, 2.24) is 0 Å². The fourth-order valence-corrected chi connectivity index (χ4v) is 2.65. The third-order valence-corrected chi connectivity index (χ3v) is 3.85. The number of aryl methyl sites for hydroxylation is 2. The van der Waals surface area contributed by atoms with Crippen molar-refractivity contribution >= 4 is 0 Å². The van der Waals surface area contributed by atoms with Crippen LogP contribution in [0.15, 0.2) is 36.4 Å². The molecule has 0 N–H and O–H groups in total. The van der Waals surface area contributed by atoms with Crippen molar-refractivity contribution in [3.05, 3.63) is 69.8 Å². The van der Waals surface area contributed by atoms with E-state index in [1.807, 2.05) is 0 Å². The highest BCUT2D eigenvalue weighted by molar-refractivity contribution is 5.41. The summed E-state index contributed by atoms with van der Waals surface area (Å²) in [5.74, 6) is -0.591. The molecule has 130 valence electrons. The van der Waals surface area contributed by atoms with Crippen LogP contribution in [0.25, 0.3) is 0 Å². The zero-order chi connectivity index (χ0) is 18.3. The van der Waals surface area contributed by atoms with Crippen molar-refractivity contribution in [3.8, 4) is 0 Å². The van der Waals surface area contributed by atoms with Crippen molar-refractivity contribution in [1.29, 1.82) is 0 Å². The van der Waals surface area contributed by atoms with Crippen molar-refractivity contribution < 1.29 is 26.3 Å². The Hall–Kier alpha value is -1.98. The summed E-state index contributed by atoms with van der Waals surface area (Å²) in [6.07, 6.45) is -8.99. The molecule has 0 radical (unpaired) electrons. The monoisotopic (exact) mass is 346 g/mol. The molecule has 0 aliphatic heterocycles. The van der Waals surface area contributed by atoms with Crippen LogP contribution in [0, 0.1) is 13.8 Å². The summed E-state index contributed by atoms with van der Waals surface area (Å²) in [6.45, 7) is 4.66. The van der Waals surface area contributed by atoms with Gasteiger partial charge in [-0.3, -0.25) is 0 Å². The molecule has 0 aliphatic carbocycles. The average molecular weight is 346 g/mol. The molecule has 0 spiro atoms. The van der Waals surface area contributed by atoms with Crippen LogP contribution >= 0.6 is 0 Å². The van der Waals surface area contributed by atoms with Gasteiger partial charge in [-0.2, -0.15) is 26.3 Å². The maximum Gasteiger partial charge on any atom is 0.416 e. The summed E-state index contributed by atoms with van der Waals surface area (Å²) in [6, 6.07) is 7.16. The highest BCUT2D eigenvalue weighted by Gasteiger charge is 2.33. The molecule has 2 aromatic carbocycles. The van der Waals surface area contributed by atoms with Crippen LogP contribution in [0.4, 0.5) is 26.3 Å². The molecule has 24 heavy (non-hydrogen) atoms. The number of halogens is 6. The maximum atomic E-state index is 12.9. The topological polar surface area (TPSA) is 0 Å². The maximum absolute atomic E-state index is 12.9.